The van der Waals surface area contributed by atoms with E-state index in [0.29, 0.717) is 5.91 Å². The molecular formula is C17H34N4O. The number of hydrogen-bond donors (Lipinski definition) is 1. The van der Waals surface area contributed by atoms with Gasteiger partial charge in [0.05, 0.1) is 0 Å². The van der Waals surface area contributed by atoms with Crippen molar-refractivity contribution in [1.82, 2.24) is 15.1 Å². The van der Waals surface area contributed by atoms with E-state index in [-0.39, 0.29) is 0 Å². The van der Waals surface area contributed by atoms with Crippen molar-refractivity contribution in [1.29, 1.82) is 0 Å². The van der Waals surface area contributed by atoms with Gasteiger partial charge in [-0.1, -0.05) is 19.8 Å². The quantitative estimate of drug-likeness (QED) is 0.426. The number of rotatable bonds is 8. The highest BCUT2D eigenvalue weighted by Gasteiger charge is 2.15. The van der Waals surface area contributed by atoms with Crippen LogP contribution in [0.15, 0.2) is 4.99 Å². The first kappa shape index (κ1) is 18.8. The summed E-state index contributed by atoms with van der Waals surface area (Å²) in [5, 5.41) is 3.34. The Labute approximate surface area is 136 Å². The fraction of sp³-hybridized carbons (Fsp3) is 0.882. The van der Waals surface area contributed by atoms with E-state index in [9.17, 15) is 4.79 Å². The molecule has 0 aliphatic carbocycles. The first-order valence-electron chi connectivity index (χ1n) is 8.96. The van der Waals surface area contributed by atoms with Crippen LogP contribution in [0.1, 0.15) is 58.8 Å². The molecule has 0 aromatic rings. The number of likely N-dealkylation sites (tertiary alicyclic amines) is 1. The Morgan fingerprint density at radius 3 is 2.82 bits per heavy atom. The number of carbonyl (C=O) groups is 1. The SMILES string of the molecule is CCCCN(C)C(=NCCCN1CCCCCC1=O)NCC. The lowest BCUT2D eigenvalue weighted by atomic mass is 10.2. The highest BCUT2D eigenvalue weighted by Crippen LogP contribution is 2.11. The van der Waals surface area contributed by atoms with Gasteiger partial charge >= 0.3 is 0 Å². The fourth-order valence-electron chi connectivity index (χ4n) is 2.69. The van der Waals surface area contributed by atoms with Gasteiger partial charge in [0.25, 0.3) is 0 Å². The predicted molar refractivity (Wildman–Crippen MR) is 93.2 cm³/mol. The van der Waals surface area contributed by atoms with Gasteiger partial charge in [-0.3, -0.25) is 9.79 Å². The minimum absolute atomic E-state index is 0.327. The van der Waals surface area contributed by atoms with E-state index in [4.69, 9.17) is 4.99 Å². The van der Waals surface area contributed by atoms with Crippen LogP contribution >= 0.6 is 0 Å². The summed E-state index contributed by atoms with van der Waals surface area (Å²) in [6.45, 7) is 8.78. The van der Waals surface area contributed by atoms with E-state index < -0.39 is 0 Å². The van der Waals surface area contributed by atoms with Crippen LogP contribution in [0.25, 0.3) is 0 Å². The number of unbranched alkanes of at least 4 members (excludes halogenated alkanes) is 1. The van der Waals surface area contributed by atoms with Crippen LogP contribution in [-0.2, 0) is 4.79 Å². The van der Waals surface area contributed by atoms with Crippen molar-refractivity contribution in [2.45, 2.75) is 58.8 Å². The van der Waals surface area contributed by atoms with Gasteiger partial charge in [0.15, 0.2) is 5.96 Å². The summed E-state index contributed by atoms with van der Waals surface area (Å²) in [6.07, 6.45) is 7.45. The minimum Gasteiger partial charge on any atom is -0.357 e. The molecule has 5 heteroatoms. The Balaban J connectivity index is 2.37. The lowest BCUT2D eigenvalue weighted by molar-refractivity contribution is -0.130. The molecule has 1 aliphatic rings. The van der Waals surface area contributed by atoms with E-state index in [0.717, 1.165) is 64.4 Å². The molecule has 0 unspecified atom stereocenters. The van der Waals surface area contributed by atoms with E-state index in [2.05, 4.69) is 31.1 Å². The molecule has 0 atom stereocenters. The summed E-state index contributed by atoms with van der Waals surface area (Å²) in [5.74, 6) is 1.31. The Kier molecular flexibility index (Phi) is 9.67. The Bertz CT molecular complexity index is 344. The second-order valence-electron chi connectivity index (χ2n) is 6.06. The highest BCUT2D eigenvalue weighted by molar-refractivity contribution is 5.79. The second-order valence-corrected chi connectivity index (χ2v) is 6.06. The maximum atomic E-state index is 11.9. The molecule has 1 aliphatic heterocycles. The summed E-state index contributed by atoms with van der Waals surface area (Å²) in [5.41, 5.74) is 0. The topological polar surface area (TPSA) is 47.9 Å². The van der Waals surface area contributed by atoms with Crippen molar-refractivity contribution in [2.24, 2.45) is 4.99 Å². The number of hydrogen-bond acceptors (Lipinski definition) is 2. The normalized spacial score (nSPS) is 16.6. The maximum Gasteiger partial charge on any atom is 0.222 e. The fourth-order valence-corrected chi connectivity index (χ4v) is 2.69. The molecule has 0 aromatic carbocycles. The molecule has 1 heterocycles. The van der Waals surface area contributed by atoms with E-state index in [1.54, 1.807) is 0 Å². The van der Waals surface area contributed by atoms with Crippen molar-refractivity contribution in [3.63, 3.8) is 0 Å². The largest absolute Gasteiger partial charge is 0.357 e. The molecule has 22 heavy (non-hydrogen) atoms. The van der Waals surface area contributed by atoms with Gasteiger partial charge in [-0.25, -0.2) is 0 Å². The molecule has 1 saturated heterocycles. The minimum atomic E-state index is 0.327. The lowest BCUT2D eigenvalue weighted by Gasteiger charge is -2.22. The number of carbonyl (C=O) groups excluding carboxylic acids is 1. The molecule has 0 spiro atoms. The molecule has 0 radical (unpaired) electrons. The van der Waals surface area contributed by atoms with Crippen LogP contribution in [0.3, 0.4) is 0 Å². The van der Waals surface area contributed by atoms with Gasteiger partial charge in [0.1, 0.15) is 0 Å². The Hall–Kier alpha value is -1.26. The number of aliphatic imine (C=N–C) groups is 1. The summed E-state index contributed by atoms with van der Waals surface area (Å²) >= 11 is 0. The van der Waals surface area contributed by atoms with Crippen LogP contribution in [0, 0.1) is 0 Å². The van der Waals surface area contributed by atoms with Crippen LogP contribution in [0.5, 0.6) is 0 Å². The van der Waals surface area contributed by atoms with Crippen LogP contribution in [0.4, 0.5) is 0 Å². The summed E-state index contributed by atoms with van der Waals surface area (Å²) in [6, 6.07) is 0. The van der Waals surface area contributed by atoms with Gasteiger partial charge in [-0.15, -0.1) is 0 Å². The van der Waals surface area contributed by atoms with Gasteiger partial charge < -0.3 is 15.1 Å². The predicted octanol–water partition coefficient (Wildman–Crippen LogP) is 2.48. The first-order chi connectivity index (χ1) is 10.7. The first-order valence-corrected chi connectivity index (χ1v) is 8.96. The molecule has 5 nitrogen and oxygen atoms in total. The standard InChI is InChI=1S/C17H34N4O/c1-4-6-13-20(3)17(18-5-2)19-12-10-15-21-14-9-7-8-11-16(21)22/h4-15H2,1-3H3,(H,18,19). The van der Waals surface area contributed by atoms with E-state index in [1.165, 1.54) is 19.3 Å². The zero-order valence-corrected chi connectivity index (χ0v) is 14.7. The average Bonchev–Trinajstić information content (AvgIpc) is 2.72. The van der Waals surface area contributed by atoms with Gasteiger partial charge in [0, 0.05) is 46.2 Å². The summed E-state index contributed by atoms with van der Waals surface area (Å²) < 4.78 is 0. The van der Waals surface area contributed by atoms with Crippen molar-refractivity contribution in [3.05, 3.63) is 0 Å². The third-order valence-electron chi connectivity index (χ3n) is 4.06. The molecule has 0 bridgehead atoms. The third kappa shape index (κ3) is 7.14. The molecule has 1 rings (SSSR count). The van der Waals surface area contributed by atoms with Crippen LogP contribution < -0.4 is 5.32 Å². The molecule has 1 fully saturated rings. The van der Waals surface area contributed by atoms with Gasteiger partial charge in [-0.2, -0.15) is 0 Å². The Morgan fingerprint density at radius 2 is 2.09 bits per heavy atom. The number of nitrogens with zero attached hydrogens (tertiary/aromatic N) is 3. The number of guanidine groups is 1. The smallest absolute Gasteiger partial charge is 0.222 e. The van der Waals surface area contributed by atoms with Crippen LogP contribution in [0.2, 0.25) is 0 Å². The zero-order valence-electron chi connectivity index (χ0n) is 14.7. The molecule has 1 amide bonds. The molecule has 0 saturated carbocycles. The molecular weight excluding hydrogens is 276 g/mol. The highest BCUT2D eigenvalue weighted by atomic mass is 16.2. The van der Waals surface area contributed by atoms with Crippen LogP contribution in [-0.4, -0.2) is 61.4 Å². The average molecular weight is 310 g/mol. The lowest BCUT2D eigenvalue weighted by Crippen LogP contribution is -2.39. The summed E-state index contributed by atoms with van der Waals surface area (Å²) in [7, 11) is 2.09. The second kappa shape index (κ2) is 11.3. The molecule has 1 N–H and O–H groups in total. The summed E-state index contributed by atoms with van der Waals surface area (Å²) in [4.78, 5) is 20.9. The molecule has 128 valence electrons. The Morgan fingerprint density at radius 1 is 1.27 bits per heavy atom. The van der Waals surface area contributed by atoms with Crippen molar-refractivity contribution >= 4 is 11.9 Å². The third-order valence-corrected chi connectivity index (χ3v) is 4.06. The van der Waals surface area contributed by atoms with Gasteiger partial charge in [-0.05, 0) is 32.6 Å². The molecule has 0 aromatic heterocycles. The van der Waals surface area contributed by atoms with Crippen molar-refractivity contribution in [3.8, 4) is 0 Å². The van der Waals surface area contributed by atoms with Crippen molar-refractivity contribution < 1.29 is 4.79 Å². The van der Waals surface area contributed by atoms with Gasteiger partial charge in [0.2, 0.25) is 5.91 Å². The van der Waals surface area contributed by atoms with E-state index >= 15 is 0 Å². The number of amides is 1. The van der Waals surface area contributed by atoms with E-state index in [1.807, 2.05) is 4.90 Å². The van der Waals surface area contributed by atoms with Crippen molar-refractivity contribution in [2.75, 3.05) is 39.8 Å². The zero-order chi connectivity index (χ0) is 16.2. The number of nitrogens with one attached hydrogen (secondary N) is 1. The monoisotopic (exact) mass is 310 g/mol. The maximum absolute atomic E-state index is 11.9.